The predicted octanol–water partition coefficient (Wildman–Crippen LogP) is 4.61. The molecule has 0 unspecified atom stereocenters. The number of aromatic nitrogens is 1. The van der Waals surface area contributed by atoms with Crippen molar-refractivity contribution in [3.63, 3.8) is 0 Å². The summed E-state index contributed by atoms with van der Waals surface area (Å²) in [4.78, 5) is 18.3. The Morgan fingerprint density at radius 2 is 1.78 bits per heavy atom. The summed E-state index contributed by atoms with van der Waals surface area (Å²) in [5.41, 5.74) is 9.14. The summed E-state index contributed by atoms with van der Waals surface area (Å²) in [6.45, 7) is 0.432. The lowest BCUT2D eigenvalue weighted by Gasteiger charge is -2.04. The van der Waals surface area contributed by atoms with Crippen molar-refractivity contribution >= 4 is 33.1 Å². The van der Waals surface area contributed by atoms with Crippen molar-refractivity contribution in [2.45, 2.75) is 6.54 Å². The Hall–Kier alpha value is -3.25. The van der Waals surface area contributed by atoms with Crippen LogP contribution in [0.15, 0.2) is 66.7 Å². The average Bonchev–Trinajstić information content (AvgIpc) is 3.03. The number of hydrogen-bond acceptors (Lipinski definition) is 4. The van der Waals surface area contributed by atoms with Crippen LogP contribution in [0.4, 0.5) is 10.1 Å². The fourth-order valence-electron chi connectivity index (χ4n) is 2.81. The highest BCUT2D eigenvalue weighted by Gasteiger charge is 2.17. The molecule has 0 saturated heterocycles. The van der Waals surface area contributed by atoms with Crippen molar-refractivity contribution < 1.29 is 9.18 Å². The highest BCUT2D eigenvalue weighted by Crippen LogP contribution is 2.34. The van der Waals surface area contributed by atoms with Gasteiger partial charge in [0.05, 0.1) is 11.4 Å². The molecule has 0 aliphatic rings. The summed E-state index contributed by atoms with van der Waals surface area (Å²) in [6, 6.07) is 19.5. The van der Waals surface area contributed by atoms with Crippen LogP contribution >= 0.6 is 11.3 Å². The van der Waals surface area contributed by atoms with Gasteiger partial charge in [-0.15, -0.1) is 11.3 Å². The van der Waals surface area contributed by atoms with Crippen LogP contribution in [0.2, 0.25) is 0 Å². The SMILES string of the molecule is Nc1c(C(=O)NCc2ccccc2)sc2nc(-c3ccc(F)cc3)ccc12. The van der Waals surface area contributed by atoms with Gasteiger partial charge in [-0.25, -0.2) is 9.37 Å². The molecule has 0 bridgehead atoms. The summed E-state index contributed by atoms with van der Waals surface area (Å²) in [5, 5.41) is 3.64. The van der Waals surface area contributed by atoms with Gasteiger partial charge in [0.25, 0.3) is 5.91 Å². The molecule has 1 amide bonds. The fraction of sp³-hybridized carbons (Fsp3) is 0.0476. The van der Waals surface area contributed by atoms with E-state index in [1.54, 1.807) is 12.1 Å². The molecule has 27 heavy (non-hydrogen) atoms. The molecule has 0 radical (unpaired) electrons. The van der Waals surface area contributed by atoms with Gasteiger partial charge < -0.3 is 11.1 Å². The van der Waals surface area contributed by atoms with Gasteiger partial charge in [0.2, 0.25) is 0 Å². The van der Waals surface area contributed by atoms with E-state index in [0.717, 1.165) is 16.5 Å². The molecule has 134 valence electrons. The van der Waals surface area contributed by atoms with Gasteiger partial charge >= 0.3 is 0 Å². The number of halogens is 1. The molecule has 6 heteroatoms. The largest absolute Gasteiger partial charge is 0.397 e. The van der Waals surface area contributed by atoms with Crippen molar-refractivity contribution in [3.05, 3.63) is 83.0 Å². The van der Waals surface area contributed by atoms with Gasteiger partial charge in [0.15, 0.2) is 0 Å². The topological polar surface area (TPSA) is 68.0 Å². The van der Waals surface area contributed by atoms with Gasteiger partial charge in [0.1, 0.15) is 15.5 Å². The van der Waals surface area contributed by atoms with Crippen LogP contribution in [0, 0.1) is 5.82 Å². The van der Waals surface area contributed by atoms with E-state index in [-0.39, 0.29) is 11.7 Å². The van der Waals surface area contributed by atoms with E-state index < -0.39 is 0 Å². The van der Waals surface area contributed by atoms with Crippen molar-refractivity contribution in [2.75, 3.05) is 5.73 Å². The van der Waals surface area contributed by atoms with Crippen LogP contribution in [0.25, 0.3) is 21.5 Å². The fourth-order valence-corrected chi connectivity index (χ4v) is 3.82. The number of benzene rings is 2. The molecule has 0 atom stereocenters. The number of rotatable bonds is 4. The molecular formula is C21H16FN3OS. The first-order valence-corrected chi connectivity index (χ1v) is 9.20. The van der Waals surface area contributed by atoms with Crippen LogP contribution in [0.5, 0.6) is 0 Å². The number of nitrogens with two attached hydrogens (primary N) is 1. The number of carbonyl (C=O) groups is 1. The predicted molar refractivity (Wildman–Crippen MR) is 107 cm³/mol. The lowest BCUT2D eigenvalue weighted by molar-refractivity contribution is 0.0956. The van der Waals surface area contributed by atoms with E-state index in [0.29, 0.717) is 27.6 Å². The first-order valence-electron chi connectivity index (χ1n) is 8.39. The molecular weight excluding hydrogens is 361 g/mol. The Bertz CT molecular complexity index is 1110. The molecule has 4 aromatic rings. The van der Waals surface area contributed by atoms with Crippen LogP contribution in [-0.2, 0) is 6.54 Å². The first kappa shape index (κ1) is 17.2. The average molecular weight is 377 g/mol. The van der Waals surface area contributed by atoms with E-state index >= 15 is 0 Å². The number of amides is 1. The zero-order chi connectivity index (χ0) is 18.8. The van der Waals surface area contributed by atoms with E-state index in [1.807, 2.05) is 42.5 Å². The summed E-state index contributed by atoms with van der Waals surface area (Å²) >= 11 is 1.26. The second kappa shape index (κ2) is 7.17. The van der Waals surface area contributed by atoms with E-state index in [2.05, 4.69) is 10.3 Å². The van der Waals surface area contributed by atoms with Crippen LogP contribution < -0.4 is 11.1 Å². The number of hydrogen-bond donors (Lipinski definition) is 2. The minimum atomic E-state index is -0.294. The Kier molecular flexibility index (Phi) is 4.56. The number of thiophene rings is 1. The quantitative estimate of drug-likeness (QED) is 0.545. The summed E-state index contributed by atoms with van der Waals surface area (Å²) in [7, 11) is 0. The van der Waals surface area contributed by atoms with Crippen LogP contribution in [0.1, 0.15) is 15.2 Å². The maximum Gasteiger partial charge on any atom is 0.263 e. The van der Waals surface area contributed by atoms with E-state index in [9.17, 15) is 9.18 Å². The number of pyridine rings is 1. The van der Waals surface area contributed by atoms with Crippen LogP contribution in [0.3, 0.4) is 0 Å². The zero-order valence-electron chi connectivity index (χ0n) is 14.3. The molecule has 3 N–H and O–H groups in total. The molecule has 2 aromatic carbocycles. The summed E-state index contributed by atoms with van der Waals surface area (Å²) in [6.07, 6.45) is 0. The smallest absolute Gasteiger partial charge is 0.263 e. The number of nitrogens with zero attached hydrogens (tertiary/aromatic N) is 1. The third-order valence-corrected chi connectivity index (χ3v) is 5.35. The maximum absolute atomic E-state index is 13.1. The second-order valence-corrected chi connectivity index (χ2v) is 7.07. The van der Waals surface area contributed by atoms with E-state index in [1.165, 1.54) is 23.5 Å². The number of nitrogens with one attached hydrogen (secondary N) is 1. The number of anilines is 1. The Labute approximate surface area is 159 Å². The third-order valence-electron chi connectivity index (χ3n) is 4.24. The normalized spacial score (nSPS) is 10.9. The second-order valence-electron chi connectivity index (χ2n) is 6.07. The third kappa shape index (κ3) is 3.52. The minimum Gasteiger partial charge on any atom is -0.397 e. The highest BCUT2D eigenvalue weighted by molar-refractivity contribution is 7.21. The Morgan fingerprint density at radius 1 is 1.04 bits per heavy atom. The highest BCUT2D eigenvalue weighted by atomic mass is 32.1. The summed E-state index contributed by atoms with van der Waals surface area (Å²) in [5.74, 6) is -0.514. The van der Waals surface area contributed by atoms with Crippen LogP contribution in [-0.4, -0.2) is 10.9 Å². The first-order chi connectivity index (χ1) is 13.1. The Balaban J connectivity index is 1.61. The lowest BCUT2D eigenvalue weighted by Crippen LogP contribution is -2.22. The Morgan fingerprint density at radius 3 is 2.52 bits per heavy atom. The van der Waals surface area contributed by atoms with Gasteiger partial charge in [-0.3, -0.25) is 4.79 Å². The number of nitrogen functional groups attached to an aromatic ring is 1. The maximum atomic E-state index is 13.1. The van der Waals surface area contributed by atoms with Gasteiger partial charge in [-0.05, 0) is 42.0 Å². The minimum absolute atomic E-state index is 0.220. The van der Waals surface area contributed by atoms with Gasteiger partial charge in [-0.2, -0.15) is 0 Å². The number of fused-ring (bicyclic) bond motifs is 1. The molecule has 0 fully saturated rings. The van der Waals surface area contributed by atoms with Gasteiger partial charge in [-0.1, -0.05) is 30.3 Å². The molecule has 0 aliphatic heterocycles. The number of carbonyl (C=O) groups excluding carboxylic acids is 1. The molecule has 0 saturated carbocycles. The molecule has 0 spiro atoms. The monoisotopic (exact) mass is 377 g/mol. The van der Waals surface area contributed by atoms with E-state index in [4.69, 9.17) is 5.73 Å². The van der Waals surface area contributed by atoms with Gasteiger partial charge in [0, 0.05) is 17.5 Å². The van der Waals surface area contributed by atoms with Crippen molar-refractivity contribution in [1.82, 2.24) is 10.3 Å². The zero-order valence-corrected chi connectivity index (χ0v) is 15.1. The molecule has 4 nitrogen and oxygen atoms in total. The molecule has 2 heterocycles. The van der Waals surface area contributed by atoms with Crippen molar-refractivity contribution in [3.8, 4) is 11.3 Å². The molecule has 4 rings (SSSR count). The molecule has 2 aromatic heterocycles. The summed E-state index contributed by atoms with van der Waals surface area (Å²) < 4.78 is 13.1. The standard InChI is InChI=1S/C21H16FN3OS/c22-15-8-6-14(7-9-15)17-11-10-16-18(23)19(27-21(16)25-17)20(26)24-12-13-4-2-1-3-5-13/h1-11H,12,23H2,(H,24,26). The van der Waals surface area contributed by atoms with Crippen molar-refractivity contribution in [1.29, 1.82) is 0 Å². The lowest BCUT2D eigenvalue weighted by atomic mass is 10.1. The molecule has 0 aliphatic carbocycles. The van der Waals surface area contributed by atoms with Crippen molar-refractivity contribution in [2.24, 2.45) is 0 Å².